The molecule has 0 saturated heterocycles. The monoisotopic (exact) mass is 169 g/mol. The van der Waals surface area contributed by atoms with Gasteiger partial charge in [0.1, 0.15) is 0 Å². The van der Waals surface area contributed by atoms with Gasteiger partial charge in [0.05, 0.1) is 11.5 Å². The molecule has 0 aromatic rings. The van der Waals surface area contributed by atoms with Crippen molar-refractivity contribution in [2.24, 2.45) is 11.3 Å². The highest BCUT2D eigenvalue weighted by Gasteiger charge is 2.40. The third-order valence-corrected chi connectivity index (χ3v) is 2.83. The maximum atomic E-state index is 8.94. The Morgan fingerprint density at radius 1 is 1.33 bits per heavy atom. The molecule has 0 heterocycles. The van der Waals surface area contributed by atoms with Gasteiger partial charge in [-0.15, -0.1) is 0 Å². The van der Waals surface area contributed by atoms with Crippen molar-refractivity contribution in [1.29, 1.82) is 5.26 Å². The molecule has 0 fully saturated rings. The Labute approximate surface area is 74.2 Å². The second kappa shape index (κ2) is 3.93. The first-order valence-corrected chi connectivity index (χ1v) is 4.13. The summed E-state index contributed by atoms with van der Waals surface area (Å²) in [7, 11) is -1.42. The van der Waals surface area contributed by atoms with Crippen LogP contribution in [0.2, 0.25) is 5.82 Å². The largest absolute Gasteiger partial charge is 0.456 e. The second-order valence-electron chi connectivity index (χ2n) is 3.75. The highest BCUT2D eigenvalue weighted by Crippen LogP contribution is 2.39. The van der Waals surface area contributed by atoms with E-state index in [4.69, 9.17) is 15.3 Å². The van der Waals surface area contributed by atoms with Gasteiger partial charge in [0.15, 0.2) is 0 Å². The van der Waals surface area contributed by atoms with E-state index in [0.29, 0.717) is 0 Å². The number of hydrogen-bond donors (Lipinski definition) is 2. The van der Waals surface area contributed by atoms with Crippen molar-refractivity contribution < 1.29 is 10.0 Å². The van der Waals surface area contributed by atoms with Gasteiger partial charge in [-0.1, -0.05) is 20.8 Å². The zero-order valence-electron chi connectivity index (χ0n) is 8.07. The fourth-order valence-electron chi connectivity index (χ4n) is 1.07. The Morgan fingerprint density at radius 2 is 1.75 bits per heavy atom. The summed E-state index contributed by atoms with van der Waals surface area (Å²) in [6, 6.07) is 2.14. The summed E-state index contributed by atoms with van der Waals surface area (Å²) in [4.78, 5) is 0. The molecular weight excluding hydrogens is 153 g/mol. The Hall–Kier alpha value is -0.525. The van der Waals surface area contributed by atoms with Crippen LogP contribution in [0.4, 0.5) is 0 Å². The molecule has 0 aromatic carbocycles. The quantitative estimate of drug-likeness (QED) is 0.620. The topological polar surface area (TPSA) is 64.2 Å². The van der Waals surface area contributed by atoms with Crippen LogP contribution >= 0.6 is 0 Å². The molecule has 4 heteroatoms. The maximum Gasteiger partial charge on any atom is 0.456 e. The van der Waals surface area contributed by atoms with Gasteiger partial charge >= 0.3 is 7.12 Å². The van der Waals surface area contributed by atoms with Gasteiger partial charge in [0, 0.05) is 5.82 Å². The molecule has 0 saturated carbocycles. The molecule has 0 rings (SSSR count). The van der Waals surface area contributed by atoms with E-state index in [0.717, 1.165) is 0 Å². The molecule has 2 N–H and O–H groups in total. The van der Waals surface area contributed by atoms with Gasteiger partial charge in [-0.3, -0.25) is 0 Å². The van der Waals surface area contributed by atoms with E-state index in [-0.39, 0.29) is 5.92 Å². The fourth-order valence-corrected chi connectivity index (χ4v) is 1.07. The zero-order chi connectivity index (χ0) is 9.94. The first kappa shape index (κ1) is 11.5. The summed E-state index contributed by atoms with van der Waals surface area (Å²) in [5.41, 5.74) is -0.672. The number of hydrogen-bond acceptors (Lipinski definition) is 3. The third kappa shape index (κ3) is 1.99. The summed E-state index contributed by atoms with van der Waals surface area (Å²) in [5, 5.41) is 26.8. The van der Waals surface area contributed by atoms with Crippen molar-refractivity contribution in [3.8, 4) is 6.07 Å². The average molecular weight is 169 g/mol. The van der Waals surface area contributed by atoms with Crippen molar-refractivity contribution in [3.63, 3.8) is 0 Å². The van der Waals surface area contributed by atoms with Gasteiger partial charge in [-0.05, 0) is 12.8 Å². The molecule has 3 nitrogen and oxygen atoms in total. The highest BCUT2D eigenvalue weighted by atomic mass is 16.4. The van der Waals surface area contributed by atoms with Crippen LogP contribution in [-0.2, 0) is 0 Å². The SMILES string of the molecule is CC(C)C(C)(C#N)C(C)B(O)O. The highest BCUT2D eigenvalue weighted by molar-refractivity contribution is 6.43. The summed E-state index contributed by atoms with van der Waals surface area (Å²) in [6.07, 6.45) is 0. The molecule has 12 heavy (non-hydrogen) atoms. The molecule has 68 valence electrons. The van der Waals surface area contributed by atoms with E-state index in [1.165, 1.54) is 0 Å². The lowest BCUT2D eigenvalue weighted by molar-refractivity contribution is 0.254. The van der Waals surface area contributed by atoms with E-state index >= 15 is 0 Å². The molecule has 0 spiro atoms. The summed E-state index contributed by atoms with van der Waals surface area (Å²) in [5.74, 6) is -0.318. The number of nitrogens with zero attached hydrogens (tertiary/aromatic N) is 1. The van der Waals surface area contributed by atoms with Crippen molar-refractivity contribution in [2.45, 2.75) is 33.5 Å². The standard InChI is InChI=1S/C8H16BNO2/c1-6(2)8(4,5-10)7(3)9(11)12/h6-7,11-12H,1-4H3. The van der Waals surface area contributed by atoms with Gasteiger partial charge in [-0.2, -0.15) is 5.26 Å². The van der Waals surface area contributed by atoms with Crippen molar-refractivity contribution in [2.75, 3.05) is 0 Å². The van der Waals surface area contributed by atoms with Crippen LogP contribution in [0, 0.1) is 22.7 Å². The van der Waals surface area contributed by atoms with Crippen LogP contribution in [-0.4, -0.2) is 17.2 Å². The summed E-state index contributed by atoms with van der Waals surface area (Å²) < 4.78 is 0. The van der Waals surface area contributed by atoms with Gasteiger partial charge in [-0.25, -0.2) is 0 Å². The average Bonchev–Trinajstić information content (AvgIpc) is 2.01. The van der Waals surface area contributed by atoms with Crippen LogP contribution in [0.15, 0.2) is 0 Å². The summed E-state index contributed by atoms with van der Waals surface area (Å²) >= 11 is 0. The third-order valence-electron chi connectivity index (χ3n) is 2.83. The number of rotatable bonds is 3. The lowest BCUT2D eigenvalue weighted by Crippen LogP contribution is -2.35. The van der Waals surface area contributed by atoms with Gasteiger partial charge in [0.2, 0.25) is 0 Å². The molecule has 0 aromatic heterocycles. The van der Waals surface area contributed by atoms with Gasteiger partial charge < -0.3 is 10.0 Å². The Balaban J connectivity index is 4.66. The van der Waals surface area contributed by atoms with E-state index in [2.05, 4.69) is 6.07 Å². The number of nitriles is 1. The zero-order valence-corrected chi connectivity index (χ0v) is 8.07. The van der Waals surface area contributed by atoms with E-state index < -0.39 is 18.4 Å². The van der Waals surface area contributed by atoms with Crippen molar-refractivity contribution in [1.82, 2.24) is 0 Å². The molecule has 0 bridgehead atoms. The molecule has 0 amide bonds. The van der Waals surface area contributed by atoms with E-state index in [9.17, 15) is 0 Å². The van der Waals surface area contributed by atoms with Crippen LogP contribution in [0.25, 0.3) is 0 Å². The molecule has 2 atom stereocenters. The summed E-state index contributed by atoms with van der Waals surface area (Å²) in [6.45, 7) is 7.24. The predicted molar refractivity (Wildman–Crippen MR) is 48.2 cm³/mol. The van der Waals surface area contributed by atoms with Crippen molar-refractivity contribution >= 4 is 7.12 Å². The minimum absolute atomic E-state index is 0.110. The molecule has 0 aliphatic carbocycles. The lowest BCUT2D eigenvalue weighted by Gasteiger charge is -2.31. The molecule has 2 unspecified atom stereocenters. The molecule has 0 radical (unpaired) electrons. The Bertz CT molecular complexity index is 188. The van der Waals surface area contributed by atoms with Crippen molar-refractivity contribution in [3.05, 3.63) is 0 Å². The minimum Gasteiger partial charge on any atom is -0.427 e. The van der Waals surface area contributed by atoms with E-state index in [1.54, 1.807) is 13.8 Å². The van der Waals surface area contributed by atoms with Gasteiger partial charge in [0.25, 0.3) is 0 Å². The molecular formula is C8H16BNO2. The lowest BCUT2D eigenvalue weighted by atomic mass is 9.56. The Kier molecular flexibility index (Phi) is 3.76. The second-order valence-corrected chi connectivity index (χ2v) is 3.75. The predicted octanol–water partition coefficient (Wildman–Crippen LogP) is 1.04. The first-order valence-electron chi connectivity index (χ1n) is 4.13. The minimum atomic E-state index is -1.42. The maximum absolute atomic E-state index is 8.94. The first-order chi connectivity index (χ1) is 5.36. The normalized spacial score (nSPS) is 18.2. The van der Waals surface area contributed by atoms with Crippen LogP contribution in [0.1, 0.15) is 27.7 Å². The van der Waals surface area contributed by atoms with Crippen LogP contribution in [0.5, 0.6) is 0 Å². The van der Waals surface area contributed by atoms with Crippen LogP contribution < -0.4 is 0 Å². The molecule has 0 aliphatic heterocycles. The molecule has 0 aliphatic rings. The fraction of sp³-hybridized carbons (Fsp3) is 0.875. The van der Waals surface area contributed by atoms with Crippen LogP contribution in [0.3, 0.4) is 0 Å². The smallest absolute Gasteiger partial charge is 0.427 e. The van der Waals surface area contributed by atoms with E-state index in [1.807, 2.05) is 13.8 Å². The Morgan fingerprint density at radius 3 is 1.83 bits per heavy atom.